The Morgan fingerprint density at radius 2 is 0.762 bits per heavy atom. The van der Waals surface area contributed by atoms with Crippen LogP contribution in [0.25, 0.3) is 0 Å². The van der Waals surface area contributed by atoms with Crippen molar-refractivity contribution < 1.29 is 0 Å². The topological polar surface area (TPSA) is 0 Å². The van der Waals surface area contributed by atoms with Gasteiger partial charge in [0.1, 0.15) is 0 Å². The van der Waals surface area contributed by atoms with Crippen LogP contribution in [0.5, 0.6) is 0 Å². The zero-order valence-corrected chi connectivity index (χ0v) is 15.6. The van der Waals surface area contributed by atoms with Gasteiger partial charge in [0.2, 0.25) is 0 Å². The van der Waals surface area contributed by atoms with E-state index in [0.29, 0.717) is 0 Å². The van der Waals surface area contributed by atoms with Crippen molar-refractivity contribution in [1.82, 2.24) is 0 Å². The van der Waals surface area contributed by atoms with Crippen LogP contribution in [0.15, 0.2) is 0 Å². The minimum Gasteiger partial charge on any atom is -0.0654 e. The quantitative estimate of drug-likeness (QED) is 0.237. The van der Waals surface area contributed by atoms with E-state index < -0.39 is 0 Å². The summed E-state index contributed by atoms with van der Waals surface area (Å²) in [4.78, 5) is 0. The SMILES string of the molecule is CCCCCCCCCCCC(CC)CCCCCCC. The van der Waals surface area contributed by atoms with Crippen molar-refractivity contribution in [3.05, 3.63) is 0 Å². The maximum atomic E-state index is 2.39. The summed E-state index contributed by atoms with van der Waals surface area (Å²) in [5.41, 5.74) is 0. The van der Waals surface area contributed by atoms with Gasteiger partial charge in [0.15, 0.2) is 0 Å². The molecule has 0 aromatic rings. The highest BCUT2D eigenvalue weighted by Gasteiger charge is 2.05. The molecule has 128 valence electrons. The van der Waals surface area contributed by atoms with Crippen LogP contribution in [0.4, 0.5) is 0 Å². The number of unbranched alkanes of at least 4 members (excludes halogenated alkanes) is 12. The fourth-order valence-electron chi connectivity index (χ4n) is 3.33. The van der Waals surface area contributed by atoms with Crippen molar-refractivity contribution in [2.24, 2.45) is 5.92 Å². The molecule has 0 aliphatic heterocycles. The Balaban J connectivity index is 3.26. The highest BCUT2D eigenvalue weighted by molar-refractivity contribution is 4.59. The molecule has 0 aliphatic carbocycles. The van der Waals surface area contributed by atoms with Gasteiger partial charge >= 0.3 is 0 Å². The van der Waals surface area contributed by atoms with Gasteiger partial charge in [-0.1, -0.05) is 130 Å². The third-order valence-electron chi connectivity index (χ3n) is 5.01. The largest absolute Gasteiger partial charge is 0.0654 e. The van der Waals surface area contributed by atoms with Crippen molar-refractivity contribution in [1.29, 1.82) is 0 Å². The molecule has 0 amide bonds. The van der Waals surface area contributed by atoms with E-state index in [1.165, 1.54) is 109 Å². The number of rotatable bonds is 17. The minimum absolute atomic E-state index is 1.02. The second-order valence-corrected chi connectivity index (χ2v) is 7.09. The normalized spacial score (nSPS) is 12.7. The Morgan fingerprint density at radius 1 is 0.429 bits per heavy atom. The monoisotopic (exact) mass is 296 g/mol. The molecule has 0 fully saturated rings. The van der Waals surface area contributed by atoms with Gasteiger partial charge in [-0.2, -0.15) is 0 Å². The molecule has 0 spiro atoms. The Kier molecular flexibility index (Phi) is 18.1. The molecule has 0 N–H and O–H groups in total. The van der Waals surface area contributed by atoms with Crippen LogP contribution in [-0.4, -0.2) is 0 Å². The standard InChI is InChI=1S/C21H44/c1-4-7-9-11-12-13-14-16-18-20-21(6-3)19-17-15-10-8-5-2/h21H,4-20H2,1-3H3. The van der Waals surface area contributed by atoms with Crippen LogP contribution in [0.3, 0.4) is 0 Å². The van der Waals surface area contributed by atoms with Gasteiger partial charge in [-0.05, 0) is 5.92 Å². The molecular formula is C21H44. The Morgan fingerprint density at radius 3 is 1.10 bits per heavy atom. The summed E-state index contributed by atoms with van der Waals surface area (Å²) in [6.07, 6.45) is 24.8. The van der Waals surface area contributed by atoms with Gasteiger partial charge in [0.05, 0.1) is 0 Å². The lowest BCUT2D eigenvalue weighted by Gasteiger charge is -2.14. The molecule has 0 heteroatoms. The first-order valence-electron chi connectivity index (χ1n) is 10.3. The van der Waals surface area contributed by atoms with Gasteiger partial charge in [0.25, 0.3) is 0 Å². The molecular weight excluding hydrogens is 252 g/mol. The highest BCUT2D eigenvalue weighted by Crippen LogP contribution is 2.21. The molecule has 0 radical (unpaired) electrons. The summed E-state index contributed by atoms with van der Waals surface area (Å²) in [6, 6.07) is 0. The van der Waals surface area contributed by atoms with Crippen LogP contribution in [-0.2, 0) is 0 Å². The van der Waals surface area contributed by atoms with E-state index in [4.69, 9.17) is 0 Å². The van der Waals surface area contributed by atoms with Gasteiger partial charge < -0.3 is 0 Å². The zero-order chi connectivity index (χ0) is 15.6. The lowest BCUT2D eigenvalue weighted by atomic mass is 9.92. The molecule has 0 saturated carbocycles. The molecule has 0 heterocycles. The molecule has 1 atom stereocenters. The summed E-state index contributed by atoms with van der Waals surface area (Å²) in [6.45, 7) is 7.00. The van der Waals surface area contributed by atoms with E-state index in [1.807, 2.05) is 0 Å². The average Bonchev–Trinajstić information content (AvgIpc) is 2.51. The van der Waals surface area contributed by atoms with Crippen LogP contribution >= 0.6 is 0 Å². The van der Waals surface area contributed by atoms with Gasteiger partial charge in [0, 0.05) is 0 Å². The average molecular weight is 297 g/mol. The molecule has 0 rings (SSSR count). The lowest BCUT2D eigenvalue weighted by Crippen LogP contribution is -1.99. The van der Waals surface area contributed by atoms with Crippen molar-refractivity contribution in [2.75, 3.05) is 0 Å². The smallest absolute Gasteiger partial charge is 0.0417 e. The minimum atomic E-state index is 1.02. The Bertz CT molecular complexity index is 173. The fourth-order valence-corrected chi connectivity index (χ4v) is 3.33. The van der Waals surface area contributed by atoms with E-state index in [0.717, 1.165) is 5.92 Å². The van der Waals surface area contributed by atoms with Crippen LogP contribution in [0, 0.1) is 5.92 Å². The molecule has 0 aliphatic rings. The van der Waals surface area contributed by atoms with Crippen LogP contribution in [0.2, 0.25) is 0 Å². The molecule has 0 bridgehead atoms. The molecule has 0 saturated heterocycles. The number of hydrogen-bond donors (Lipinski definition) is 0. The van der Waals surface area contributed by atoms with E-state index in [2.05, 4.69) is 20.8 Å². The first-order valence-corrected chi connectivity index (χ1v) is 10.3. The fraction of sp³-hybridized carbons (Fsp3) is 1.00. The first kappa shape index (κ1) is 21.0. The molecule has 0 aromatic heterocycles. The lowest BCUT2D eigenvalue weighted by molar-refractivity contribution is 0.393. The predicted molar refractivity (Wildman–Crippen MR) is 99.0 cm³/mol. The summed E-state index contributed by atoms with van der Waals surface area (Å²) in [7, 11) is 0. The van der Waals surface area contributed by atoms with Crippen LogP contribution in [0.1, 0.15) is 130 Å². The molecule has 1 unspecified atom stereocenters. The summed E-state index contributed by atoms with van der Waals surface area (Å²) in [5, 5.41) is 0. The van der Waals surface area contributed by atoms with Crippen molar-refractivity contribution >= 4 is 0 Å². The van der Waals surface area contributed by atoms with Gasteiger partial charge in [-0.25, -0.2) is 0 Å². The van der Waals surface area contributed by atoms with E-state index in [1.54, 1.807) is 0 Å². The Labute approximate surface area is 136 Å². The Hall–Kier alpha value is 0. The van der Waals surface area contributed by atoms with Crippen LogP contribution < -0.4 is 0 Å². The first-order chi connectivity index (χ1) is 10.3. The molecule has 21 heavy (non-hydrogen) atoms. The molecule has 0 nitrogen and oxygen atoms in total. The van der Waals surface area contributed by atoms with Gasteiger partial charge in [-0.3, -0.25) is 0 Å². The van der Waals surface area contributed by atoms with Crippen molar-refractivity contribution in [3.8, 4) is 0 Å². The second-order valence-electron chi connectivity index (χ2n) is 7.09. The summed E-state index contributed by atoms with van der Waals surface area (Å²) in [5.74, 6) is 1.02. The molecule has 0 aromatic carbocycles. The summed E-state index contributed by atoms with van der Waals surface area (Å²) < 4.78 is 0. The van der Waals surface area contributed by atoms with E-state index in [9.17, 15) is 0 Å². The maximum absolute atomic E-state index is 2.39. The third kappa shape index (κ3) is 16.2. The maximum Gasteiger partial charge on any atom is -0.0417 e. The van der Waals surface area contributed by atoms with Crippen molar-refractivity contribution in [2.45, 2.75) is 130 Å². The van der Waals surface area contributed by atoms with Gasteiger partial charge in [-0.15, -0.1) is 0 Å². The van der Waals surface area contributed by atoms with E-state index >= 15 is 0 Å². The highest BCUT2D eigenvalue weighted by atomic mass is 14.1. The summed E-state index contributed by atoms with van der Waals surface area (Å²) >= 11 is 0. The second kappa shape index (κ2) is 18.1. The van der Waals surface area contributed by atoms with Crippen molar-refractivity contribution in [3.63, 3.8) is 0 Å². The van der Waals surface area contributed by atoms with E-state index in [-0.39, 0.29) is 0 Å². The predicted octanol–water partition coefficient (Wildman–Crippen LogP) is 8.29. The third-order valence-corrected chi connectivity index (χ3v) is 5.01. The number of hydrogen-bond acceptors (Lipinski definition) is 0. The zero-order valence-electron chi connectivity index (χ0n) is 15.6.